The molecule has 0 radical (unpaired) electrons. The zero-order chi connectivity index (χ0) is 51.7. The van der Waals surface area contributed by atoms with Gasteiger partial charge in [0.1, 0.15) is 6.10 Å². The molecule has 0 unspecified atom stereocenters. The number of allylic oxidation sites excluding steroid dienone is 10. The second-order valence-corrected chi connectivity index (χ2v) is 29.0. The Morgan fingerprint density at radius 2 is 0.957 bits per heavy atom. The van der Waals surface area contributed by atoms with Gasteiger partial charge in [-0.1, -0.05) is 127 Å². The van der Waals surface area contributed by atoms with Gasteiger partial charge in [-0.3, -0.25) is 0 Å². The topological polar surface area (TPSA) is 109 Å². The van der Waals surface area contributed by atoms with Crippen molar-refractivity contribution in [3.05, 3.63) is 85.1 Å². The average Bonchev–Trinajstić information content (AvgIpc) is 3.19. The van der Waals surface area contributed by atoms with E-state index in [9.17, 15) is 4.79 Å². The van der Waals surface area contributed by atoms with Gasteiger partial charge in [0.15, 0.2) is 31.5 Å². The zero-order valence-electron chi connectivity index (χ0n) is 46.2. The Balaban J connectivity index is 1.39. The molecular weight excluding hydrogens is 901 g/mol. The lowest BCUT2D eigenvalue weighted by Crippen LogP contribution is -2.53. The molecule has 4 fully saturated rings. The highest BCUT2D eigenvalue weighted by molar-refractivity contribution is 6.74. The molecule has 0 aromatic heterocycles. The molecule has 5 heterocycles. The lowest BCUT2D eigenvalue weighted by molar-refractivity contribution is -0.340. The Hall–Kier alpha value is -2.49. The zero-order valence-corrected chi connectivity index (χ0v) is 47.2. The van der Waals surface area contributed by atoms with Gasteiger partial charge in [0.2, 0.25) is 0 Å². The van der Waals surface area contributed by atoms with Crippen LogP contribution in [0.1, 0.15) is 155 Å². The van der Waals surface area contributed by atoms with Crippen LogP contribution in [0.15, 0.2) is 85.1 Å². The van der Waals surface area contributed by atoms with E-state index in [1.165, 1.54) is 6.08 Å². The highest BCUT2D eigenvalue weighted by atomic mass is 28.4. The molecule has 4 saturated heterocycles. The lowest BCUT2D eigenvalue weighted by atomic mass is 9.88. The summed E-state index contributed by atoms with van der Waals surface area (Å²) < 4.78 is 66.3. The summed E-state index contributed by atoms with van der Waals surface area (Å²) >= 11 is 0. The van der Waals surface area contributed by atoms with E-state index in [1.54, 1.807) is 6.08 Å². The smallest absolute Gasteiger partial charge is 0.331 e. The van der Waals surface area contributed by atoms with Crippen LogP contribution in [0.2, 0.25) is 18.1 Å². The third-order valence-corrected chi connectivity index (χ3v) is 18.9. The first-order valence-electron chi connectivity index (χ1n) is 26.5. The summed E-state index contributed by atoms with van der Waals surface area (Å²) in [6.07, 6.45) is 32.0. The summed E-state index contributed by atoms with van der Waals surface area (Å²) in [5.41, 5.74) is 0. The molecule has 70 heavy (non-hydrogen) atoms. The molecule has 5 aliphatic heterocycles. The van der Waals surface area contributed by atoms with E-state index < -0.39 is 31.5 Å². The molecule has 11 nitrogen and oxygen atoms in total. The number of carbonyl (C=O) groups is 1. The first kappa shape index (κ1) is 58.4. The summed E-state index contributed by atoms with van der Waals surface area (Å²) in [5.74, 6) is -3.33. The number of ether oxygens (including phenoxy) is 9. The fourth-order valence-electron chi connectivity index (χ4n) is 10.5. The van der Waals surface area contributed by atoms with Crippen LogP contribution in [0.5, 0.6) is 0 Å². The van der Waals surface area contributed by atoms with Crippen molar-refractivity contribution in [3.63, 3.8) is 0 Å². The Kier molecular flexibility index (Phi) is 20.6. The molecule has 0 N–H and O–H groups in total. The monoisotopic (exact) mass is 995 g/mol. The Morgan fingerprint density at radius 3 is 1.41 bits per heavy atom. The van der Waals surface area contributed by atoms with Crippen molar-refractivity contribution in [1.29, 1.82) is 0 Å². The van der Waals surface area contributed by atoms with Crippen LogP contribution in [-0.2, 0) is 51.9 Å². The number of esters is 1. The largest absolute Gasteiger partial charge is 0.458 e. The van der Waals surface area contributed by atoms with E-state index in [0.29, 0.717) is 25.7 Å². The Morgan fingerprint density at radius 1 is 0.557 bits per heavy atom. The van der Waals surface area contributed by atoms with Crippen LogP contribution in [0.4, 0.5) is 0 Å². The molecular formula is C58H94O11Si. The first-order valence-corrected chi connectivity index (χ1v) is 29.4. The molecule has 5 aliphatic rings. The van der Waals surface area contributed by atoms with E-state index in [1.807, 2.05) is 104 Å². The standard InChI is InChI=1S/C58H94O11Si/c1-40(2)53-41(3)31-32-43-33-44(62-55(8,9)61-43)34-45-35-46(64-56(10,11)63-45)36-47-37-48(66-57(12,13)65-47)38-49-39-51(68-58(14,15)67-49)42(4)50(69-70(16,17)54(5,6)7)29-27-25-23-21-19-18-20-22-24-26-28-30-52(59)60-53/h18-28,30-32,40-51,53H,29,33-39H2,1-17H3/b19-18+,22-20+,23-21+,26-24+,27-25+,30-28+,32-31+/t41-,42-,43-,44-,45-,46+,47-,48+,49+,50-,51+,53-/m0/s1. The van der Waals surface area contributed by atoms with Gasteiger partial charge in [0.05, 0.1) is 54.9 Å². The number of rotatable bonds is 3. The van der Waals surface area contributed by atoms with Crippen molar-refractivity contribution >= 4 is 14.3 Å². The van der Waals surface area contributed by atoms with Crippen molar-refractivity contribution in [1.82, 2.24) is 0 Å². The van der Waals surface area contributed by atoms with Gasteiger partial charge < -0.3 is 47.1 Å². The van der Waals surface area contributed by atoms with Gasteiger partial charge in [-0.2, -0.15) is 0 Å². The summed E-state index contributed by atoms with van der Waals surface area (Å²) in [5, 5.41) is 0.0539. The van der Waals surface area contributed by atoms with E-state index in [-0.39, 0.29) is 89.8 Å². The SMILES string of the molecule is CC(C)[C@@H]1OC(=O)/C=C/C=C/C=C/C=C/C=C/C=C/C[C@H](O[Si](C)(C)C(C)(C)C)[C@H](C)[C@H]2C[C@@H](C[C@H]3C[C@H](C[C@H]4C[C@H](C[C@@H]5C[C@H](/C=C/[C@@H]1C)OC(C)(C)O5)OC(C)(C)O4)OC(C)(C)O3)OC(C)(C)O2. The molecule has 12 atom stereocenters. The number of fused-ring (bicyclic) bond motifs is 8. The van der Waals surface area contributed by atoms with Crippen LogP contribution in [-0.4, -0.2) is 98.5 Å². The Labute approximate surface area is 424 Å². The number of carbonyl (C=O) groups excluding carboxylic acids is 1. The fourth-order valence-corrected chi connectivity index (χ4v) is 11.9. The first-order chi connectivity index (χ1) is 32.5. The molecule has 396 valence electrons. The normalized spacial score (nSPS) is 39.3. The lowest BCUT2D eigenvalue weighted by Gasteiger charge is -2.48. The summed E-state index contributed by atoms with van der Waals surface area (Å²) in [7, 11) is -2.14. The fraction of sp³-hybridized carbons (Fsp3) is 0.741. The van der Waals surface area contributed by atoms with E-state index >= 15 is 0 Å². The van der Waals surface area contributed by atoms with Gasteiger partial charge in [-0.05, 0) is 85.9 Å². The molecule has 0 aromatic carbocycles. The molecule has 0 saturated carbocycles. The number of cyclic esters (lactones) is 1. The highest BCUT2D eigenvalue weighted by Crippen LogP contribution is 2.43. The van der Waals surface area contributed by atoms with Crippen LogP contribution in [0.25, 0.3) is 0 Å². The average molecular weight is 995 g/mol. The predicted octanol–water partition coefficient (Wildman–Crippen LogP) is 13.3. The van der Waals surface area contributed by atoms with Gasteiger partial charge in [-0.15, -0.1) is 0 Å². The maximum atomic E-state index is 13.0. The minimum atomic E-state index is -2.14. The number of hydrogen-bond acceptors (Lipinski definition) is 11. The second kappa shape index (κ2) is 24.7. The van der Waals surface area contributed by atoms with Crippen molar-refractivity contribution in [2.24, 2.45) is 17.8 Å². The molecule has 5 rings (SSSR count). The van der Waals surface area contributed by atoms with Crippen molar-refractivity contribution in [3.8, 4) is 0 Å². The van der Waals surface area contributed by atoms with E-state index in [0.717, 1.165) is 25.7 Å². The molecule has 8 bridgehead atoms. The number of hydrogen-bond donors (Lipinski definition) is 0. The van der Waals surface area contributed by atoms with Gasteiger partial charge >= 0.3 is 5.97 Å². The maximum absolute atomic E-state index is 13.0. The van der Waals surface area contributed by atoms with E-state index in [2.05, 4.69) is 85.9 Å². The van der Waals surface area contributed by atoms with Gasteiger partial charge in [0.25, 0.3) is 0 Å². The minimum Gasteiger partial charge on any atom is -0.458 e. The van der Waals surface area contributed by atoms with Crippen LogP contribution in [0, 0.1) is 17.8 Å². The molecule has 0 spiro atoms. The molecule has 0 aliphatic carbocycles. The van der Waals surface area contributed by atoms with Crippen LogP contribution in [0.3, 0.4) is 0 Å². The summed E-state index contributed by atoms with van der Waals surface area (Å²) in [6.45, 7) is 36.1. The second-order valence-electron chi connectivity index (χ2n) is 24.2. The molecule has 12 heteroatoms. The van der Waals surface area contributed by atoms with Crippen LogP contribution >= 0.6 is 0 Å². The Bertz CT molecular complexity index is 1880. The van der Waals surface area contributed by atoms with E-state index in [4.69, 9.17) is 47.1 Å². The highest BCUT2D eigenvalue weighted by Gasteiger charge is 2.47. The molecule has 0 amide bonds. The van der Waals surface area contributed by atoms with Gasteiger partial charge in [-0.25, -0.2) is 4.79 Å². The summed E-state index contributed by atoms with van der Waals surface area (Å²) in [6, 6.07) is 0. The third kappa shape index (κ3) is 18.8. The minimum absolute atomic E-state index is 0.0377. The third-order valence-electron chi connectivity index (χ3n) is 14.4. The quantitative estimate of drug-likeness (QED) is 0.153. The van der Waals surface area contributed by atoms with Crippen molar-refractivity contribution in [2.75, 3.05) is 0 Å². The molecule has 0 aromatic rings. The summed E-state index contributed by atoms with van der Waals surface area (Å²) in [4.78, 5) is 13.0. The van der Waals surface area contributed by atoms with Crippen molar-refractivity contribution in [2.45, 2.75) is 258 Å². The predicted molar refractivity (Wildman–Crippen MR) is 281 cm³/mol. The van der Waals surface area contributed by atoms with Crippen LogP contribution < -0.4 is 0 Å². The van der Waals surface area contributed by atoms with Gasteiger partial charge in [0, 0.05) is 62.9 Å². The maximum Gasteiger partial charge on any atom is 0.331 e. The van der Waals surface area contributed by atoms with Crippen molar-refractivity contribution < 1.29 is 51.9 Å².